The number of piperidine rings is 2. The van der Waals surface area contributed by atoms with Crippen molar-refractivity contribution >= 4 is 0 Å². The standard InChI is InChI=1S/C21H33N7/c1-3-19-22-10-7-18(23-19)15-28-13-8-17(9-14-28)21-25-24-20(26(21)2)16-27-11-5-4-6-12-27/h7,10,17H,3-6,8-9,11-16H2,1-2H3. The van der Waals surface area contributed by atoms with Crippen LogP contribution in [0.25, 0.3) is 0 Å². The van der Waals surface area contributed by atoms with E-state index in [-0.39, 0.29) is 0 Å². The third kappa shape index (κ3) is 4.58. The monoisotopic (exact) mass is 383 g/mol. The quantitative estimate of drug-likeness (QED) is 0.764. The average Bonchev–Trinajstić information content (AvgIpc) is 3.10. The maximum Gasteiger partial charge on any atom is 0.146 e. The minimum atomic E-state index is 0.514. The normalized spacial score (nSPS) is 19.9. The van der Waals surface area contributed by atoms with Crippen LogP contribution in [0.2, 0.25) is 0 Å². The number of hydrogen-bond donors (Lipinski definition) is 0. The van der Waals surface area contributed by atoms with Gasteiger partial charge < -0.3 is 4.57 Å². The topological polar surface area (TPSA) is 63.0 Å². The lowest BCUT2D eigenvalue weighted by Crippen LogP contribution is -2.33. The van der Waals surface area contributed by atoms with Gasteiger partial charge >= 0.3 is 0 Å². The molecule has 28 heavy (non-hydrogen) atoms. The van der Waals surface area contributed by atoms with E-state index in [1.807, 2.05) is 12.3 Å². The SMILES string of the molecule is CCc1nccc(CN2CCC(c3nnc(CN4CCCCC4)n3C)CC2)n1. The van der Waals surface area contributed by atoms with Crippen molar-refractivity contribution in [3.05, 3.63) is 35.4 Å². The summed E-state index contributed by atoms with van der Waals surface area (Å²) in [5.41, 5.74) is 1.13. The molecule has 0 bridgehead atoms. The first-order valence-corrected chi connectivity index (χ1v) is 10.9. The van der Waals surface area contributed by atoms with Crippen molar-refractivity contribution in [2.24, 2.45) is 7.05 Å². The van der Waals surface area contributed by atoms with Crippen LogP contribution in [0.1, 0.15) is 68.1 Å². The smallest absolute Gasteiger partial charge is 0.146 e. The molecule has 7 nitrogen and oxygen atoms in total. The number of aryl methyl sites for hydroxylation is 1. The average molecular weight is 384 g/mol. The fourth-order valence-corrected chi connectivity index (χ4v) is 4.46. The molecule has 0 radical (unpaired) electrons. The first-order chi connectivity index (χ1) is 13.7. The van der Waals surface area contributed by atoms with E-state index in [9.17, 15) is 0 Å². The molecule has 0 unspecified atom stereocenters. The zero-order chi connectivity index (χ0) is 19.3. The summed E-state index contributed by atoms with van der Waals surface area (Å²) in [4.78, 5) is 14.0. The molecule has 2 saturated heterocycles. The van der Waals surface area contributed by atoms with Crippen molar-refractivity contribution in [2.75, 3.05) is 26.2 Å². The molecule has 2 aromatic heterocycles. The van der Waals surface area contributed by atoms with E-state index in [0.717, 1.165) is 62.8 Å². The van der Waals surface area contributed by atoms with Crippen LogP contribution in [0.4, 0.5) is 0 Å². The Morgan fingerprint density at radius 2 is 1.71 bits per heavy atom. The van der Waals surface area contributed by atoms with E-state index in [0.29, 0.717) is 5.92 Å². The Morgan fingerprint density at radius 1 is 0.964 bits per heavy atom. The summed E-state index contributed by atoms with van der Waals surface area (Å²) >= 11 is 0. The highest BCUT2D eigenvalue weighted by molar-refractivity contribution is 5.06. The summed E-state index contributed by atoms with van der Waals surface area (Å²) in [5.74, 6) is 3.74. The van der Waals surface area contributed by atoms with Gasteiger partial charge in [0.25, 0.3) is 0 Å². The van der Waals surface area contributed by atoms with Crippen LogP contribution >= 0.6 is 0 Å². The summed E-state index contributed by atoms with van der Waals surface area (Å²) in [6.07, 6.45) is 9.06. The molecular weight excluding hydrogens is 350 g/mol. The predicted molar refractivity (Wildman–Crippen MR) is 109 cm³/mol. The fourth-order valence-electron chi connectivity index (χ4n) is 4.46. The number of likely N-dealkylation sites (tertiary alicyclic amines) is 2. The summed E-state index contributed by atoms with van der Waals surface area (Å²) in [7, 11) is 2.15. The van der Waals surface area contributed by atoms with Gasteiger partial charge in [0.1, 0.15) is 17.5 Å². The van der Waals surface area contributed by atoms with Crippen LogP contribution in [0, 0.1) is 0 Å². The number of hydrogen-bond acceptors (Lipinski definition) is 6. The van der Waals surface area contributed by atoms with E-state index >= 15 is 0 Å². The Hall–Kier alpha value is -1.86. The second-order valence-electron chi connectivity index (χ2n) is 8.24. The van der Waals surface area contributed by atoms with E-state index in [1.54, 1.807) is 0 Å². The molecule has 0 atom stereocenters. The zero-order valence-corrected chi connectivity index (χ0v) is 17.3. The molecule has 7 heteroatoms. The third-order valence-corrected chi connectivity index (χ3v) is 6.23. The second-order valence-corrected chi connectivity index (χ2v) is 8.24. The first-order valence-electron chi connectivity index (χ1n) is 10.9. The maximum absolute atomic E-state index is 4.65. The highest BCUT2D eigenvalue weighted by Gasteiger charge is 2.26. The molecule has 0 spiro atoms. The molecule has 2 aliphatic heterocycles. The molecule has 4 heterocycles. The van der Waals surface area contributed by atoms with Gasteiger partial charge in [0.15, 0.2) is 0 Å². The van der Waals surface area contributed by atoms with E-state index in [1.165, 1.54) is 38.2 Å². The van der Waals surface area contributed by atoms with Gasteiger partial charge in [0.05, 0.1) is 12.2 Å². The third-order valence-electron chi connectivity index (χ3n) is 6.23. The van der Waals surface area contributed by atoms with Crippen LogP contribution < -0.4 is 0 Å². The van der Waals surface area contributed by atoms with Crippen molar-refractivity contribution in [3.8, 4) is 0 Å². The highest BCUT2D eigenvalue weighted by Crippen LogP contribution is 2.27. The lowest BCUT2D eigenvalue weighted by Gasteiger charge is -2.31. The summed E-state index contributed by atoms with van der Waals surface area (Å²) in [6, 6.07) is 2.04. The maximum atomic E-state index is 4.65. The van der Waals surface area contributed by atoms with E-state index < -0.39 is 0 Å². The molecule has 2 fully saturated rings. The van der Waals surface area contributed by atoms with E-state index in [4.69, 9.17) is 0 Å². The van der Waals surface area contributed by atoms with Crippen LogP contribution in [0.3, 0.4) is 0 Å². The molecule has 4 rings (SSSR count). The Morgan fingerprint density at radius 3 is 2.46 bits per heavy atom. The number of nitrogens with zero attached hydrogens (tertiary/aromatic N) is 7. The molecule has 152 valence electrons. The van der Waals surface area contributed by atoms with Gasteiger partial charge in [-0.15, -0.1) is 10.2 Å². The molecule has 2 aromatic rings. The van der Waals surface area contributed by atoms with Gasteiger partial charge in [-0.1, -0.05) is 13.3 Å². The van der Waals surface area contributed by atoms with Crippen LogP contribution in [0.5, 0.6) is 0 Å². The van der Waals surface area contributed by atoms with Crippen LogP contribution in [0.15, 0.2) is 12.3 Å². The molecule has 0 saturated carbocycles. The van der Waals surface area contributed by atoms with Gasteiger partial charge in [0.2, 0.25) is 0 Å². The summed E-state index contributed by atoms with van der Waals surface area (Å²) in [6.45, 7) is 8.53. The van der Waals surface area contributed by atoms with Crippen molar-refractivity contribution in [3.63, 3.8) is 0 Å². The van der Waals surface area contributed by atoms with Gasteiger partial charge in [-0.2, -0.15) is 0 Å². The number of rotatable bonds is 6. The fraction of sp³-hybridized carbons (Fsp3) is 0.714. The molecule has 0 aromatic carbocycles. The lowest BCUT2D eigenvalue weighted by atomic mass is 9.96. The van der Waals surface area contributed by atoms with Crippen molar-refractivity contribution in [1.82, 2.24) is 34.5 Å². The van der Waals surface area contributed by atoms with Gasteiger partial charge in [-0.3, -0.25) is 9.80 Å². The Labute approximate surface area is 168 Å². The van der Waals surface area contributed by atoms with Gasteiger partial charge in [-0.25, -0.2) is 9.97 Å². The van der Waals surface area contributed by atoms with Crippen LogP contribution in [-0.4, -0.2) is 60.7 Å². The zero-order valence-electron chi connectivity index (χ0n) is 17.3. The number of aromatic nitrogens is 5. The lowest BCUT2D eigenvalue weighted by molar-refractivity contribution is 0.197. The van der Waals surface area contributed by atoms with Gasteiger partial charge in [0, 0.05) is 32.1 Å². The Balaban J connectivity index is 1.32. The highest BCUT2D eigenvalue weighted by atomic mass is 15.3. The van der Waals surface area contributed by atoms with Crippen molar-refractivity contribution in [1.29, 1.82) is 0 Å². The second kappa shape index (κ2) is 9.09. The molecule has 0 N–H and O–H groups in total. The molecule has 0 amide bonds. The predicted octanol–water partition coefficient (Wildman–Crippen LogP) is 2.53. The Bertz CT molecular complexity index is 758. The summed E-state index contributed by atoms with van der Waals surface area (Å²) in [5, 5.41) is 9.12. The largest absolute Gasteiger partial charge is 0.317 e. The first kappa shape index (κ1) is 19.5. The Kier molecular flexibility index (Phi) is 6.32. The minimum absolute atomic E-state index is 0.514. The summed E-state index contributed by atoms with van der Waals surface area (Å²) < 4.78 is 2.26. The van der Waals surface area contributed by atoms with Crippen LogP contribution in [-0.2, 0) is 26.6 Å². The molecule has 0 aliphatic carbocycles. The minimum Gasteiger partial charge on any atom is -0.317 e. The van der Waals surface area contributed by atoms with E-state index in [2.05, 4.69) is 48.5 Å². The molecular formula is C21H33N7. The molecule has 2 aliphatic rings. The van der Waals surface area contributed by atoms with Crippen molar-refractivity contribution < 1.29 is 0 Å². The van der Waals surface area contributed by atoms with Gasteiger partial charge in [-0.05, 0) is 57.9 Å². The van der Waals surface area contributed by atoms with Crippen molar-refractivity contribution in [2.45, 2.75) is 64.5 Å².